The number of hydrogen-bond donors (Lipinski definition) is 1. The summed E-state index contributed by atoms with van der Waals surface area (Å²) >= 11 is 9.90. The van der Waals surface area contributed by atoms with Crippen molar-refractivity contribution in [3.05, 3.63) is 54.7 Å². The zero-order chi connectivity index (χ0) is 13.8. The van der Waals surface area contributed by atoms with Crippen LogP contribution < -0.4 is 5.32 Å². The number of hydrogen-bond acceptors (Lipinski definition) is 2. The zero-order valence-corrected chi connectivity index (χ0v) is 14.1. The van der Waals surface area contributed by atoms with Crippen LogP contribution in [0.2, 0.25) is 5.02 Å². The first-order valence-electron chi connectivity index (χ1n) is 5.84. The third kappa shape index (κ3) is 4.19. The van der Waals surface area contributed by atoms with Gasteiger partial charge in [0.2, 0.25) is 0 Å². The second-order valence-corrected chi connectivity index (χ2v) is 7.52. The summed E-state index contributed by atoms with van der Waals surface area (Å²) in [6.07, 6.45) is 0.729. The summed E-state index contributed by atoms with van der Waals surface area (Å²) in [7, 11) is 0. The van der Waals surface area contributed by atoms with Gasteiger partial charge >= 0.3 is 0 Å². The maximum Gasteiger partial charge on any atom is 0.252 e. The molecule has 0 saturated carbocycles. The number of benzene rings is 1. The number of amides is 1. The Balaban J connectivity index is 1.96. The Morgan fingerprint density at radius 2 is 2.21 bits per heavy atom. The van der Waals surface area contributed by atoms with Gasteiger partial charge in [-0.3, -0.25) is 4.79 Å². The first-order chi connectivity index (χ1) is 9.06. The summed E-state index contributed by atoms with van der Waals surface area (Å²) in [6.45, 7) is 1.98. The third-order valence-electron chi connectivity index (χ3n) is 2.69. The summed E-state index contributed by atoms with van der Waals surface area (Å²) in [5, 5.41) is 5.61. The number of carbonyl (C=O) groups is 1. The average Bonchev–Trinajstić information content (AvgIpc) is 2.79. The molecule has 1 N–H and O–H groups in total. The van der Waals surface area contributed by atoms with Gasteiger partial charge in [-0.1, -0.05) is 29.8 Å². The molecule has 0 fully saturated rings. The maximum atomic E-state index is 12.0. The van der Waals surface area contributed by atoms with Crippen molar-refractivity contribution >= 4 is 51.4 Å². The molecule has 1 aromatic heterocycles. The molecule has 5 heteroatoms. The predicted octanol–water partition coefficient (Wildman–Crippen LogP) is 4.37. The molecule has 0 spiro atoms. The van der Waals surface area contributed by atoms with Gasteiger partial charge in [0.25, 0.3) is 5.91 Å². The number of thiophene rings is 1. The van der Waals surface area contributed by atoms with E-state index in [1.165, 1.54) is 0 Å². The van der Waals surface area contributed by atoms with E-state index in [9.17, 15) is 4.79 Å². The van der Waals surface area contributed by atoms with Crippen LogP contribution in [0.25, 0.3) is 0 Å². The van der Waals surface area contributed by atoms with Gasteiger partial charge in [-0.05, 0) is 53.6 Å². The highest BCUT2D eigenvalue weighted by atomic mass is 127. The first kappa shape index (κ1) is 14.8. The van der Waals surface area contributed by atoms with Crippen molar-refractivity contribution in [3.63, 3.8) is 0 Å². The van der Waals surface area contributed by atoms with Crippen LogP contribution in [0.1, 0.15) is 22.8 Å². The minimum absolute atomic E-state index is 0.0290. The molecule has 19 heavy (non-hydrogen) atoms. The number of nitrogens with one attached hydrogen (secondary N) is 1. The molecule has 0 radical (unpaired) electrons. The largest absolute Gasteiger partial charge is 0.349 e. The quantitative estimate of drug-likeness (QED) is 0.752. The van der Waals surface area contributed by atoms with E-state index >= 15 is 0 Å². The van der Waals surface area contributed by atoms with Gasteiger partial charge < -0.3 is 5.32 Å². The fraction of sp³-hybridized carbons (Fsp3) is 0.214. The fourth-order valence-corrected chi connectivity index (χ4v) is 3.32. The second kappa shape index (κ2) is 6.72. The van der Waals surface area contributed by atoms with E-state index in [4.69, 9.17) is 11.6 Å². The Morgan fingerprint density at radius 3 is 2.84 bits per heavy atom. The van der Waals surface area contributed by atoms with Crippen LogP contribution in [0.15, 0.2) is 35.7 Å². The molecule has 0 bridgehead atoms. The molecule has 1 heterocycles. The molecule has 0 aliphatic carbocycles. The molecule has 1 aromatic carbocycles. The monoisotopic (exact) mass is 405 g/mol. The van der Waals surface area contributed by atoms with E-state index in [-0.39, 0.29) is 11.9 Å². The number of halogens is 2. The van der Waals surface area contributed by atoms with Crippen molar-refractivity contribution in [2.24, 2.45) is 0 Å². The van der Waals surface area contributed by atoms with Gasteiger partial charge in [0.15, 0.2) is 0 Å². The Morgan fingerprint density at radius 1 is 1.47 bits per heavy atom. The Kier molecular flexibility index (Phi) is 5.24. The van der Waals surface area contributed by atoms with Crippen molar-refractivity contribution in [3.8, 4) is 0 Å². The number of carbonyl (C=O) groups excluding carboxylic acids is 1. The highest BCUT2D eigenvalue weighted by molar-refractivity contribution is 14.1. The molecule has 1 unspecified atom stereocenters. The van der Waals surface area contributed by atoms with E-state index in [1.54, 1.807) is 11.3 Å². The van der Waals surface area contributed by atoms with Gasteiger partial charge in [0, 0.05) is 16.4 Å². The van der Waals surface area contributed by atoms with E-state index < -0.39 is 0 Å². The highest BCUT2D eigenvalue weighted by Gasteiger charge is 2.12. The standard InChI is InChI=1S/C14H13ClINOS/c1-9(6-10-4-2-3-5-12(10)15)17-14(18)11-7-13(16)19-8-11/h2-5,7-9H,6H2,1H3,(H,17,18). The molecule has 2 rings (SSSR count). The third-order valence-corrected chi connectivity index (χ3v) is 4.85. The van der Waals surface area contributed by atoms with E-state index in [0.717, 1.165) is 25.5 Å². The molecule has 0 aliphatic rings. The Bertz CT molecular complexity index is 584. The Hall–Kier alpha value is -0.590. The van der Waals surface area contributed by atoms with Crippen molar-refractivity contribution in [2.45, 2.75) is 19.4 Å². The predicted molar refractivity (Wildman–Crippen MR) is 89.1 cm³/mol. The highest BCUT2D eigenvalue weighted by Crippen LogP contribution is 2.18. The van der Waals surface area contributed by atoms with Crippen molar-refractivity contribution in [1.29, 1.82) is 0 Å². The van der Waals surface area contributed by atoms with Crippen LogP contribution >= 0.6 is 45.5 Å². The van der Waals surface area contributed by atoms with Crippen LogP contribution in [0.3, 0.4) is 0 Å². The van der Waals surface area contributed by atoms with E-state index in [2.05, 4.69) is 27.9 Å². The van der Waals surface area contributed by atoms with Crippen molar-refractivity contribution in [2.75, 3.05) is 0 Å². The van der Waals surface area contributed by atoms with E-state index in [1.807, 2.05) is 42.6 Å². The minimum atomic E-state index is -0.0290. The molecular formula is C14H13ClINOS. The summed E-state index contributed by atoms with van der Waals surface area (Å²) in [4.78, 5) is 12.0. The number of rotatable bonds is 4. The van der Waals surface area contributed by atoms with Crippen molar-refractivity contribution in [1.82, 2.24) is 5.32 Å². The lowest BCUT2D eigenvalue weighted by Crippen LogP contribution is -2.33. The minimum Gasteiger partial charge on any atom is -0.349 e. The molecular weight excluding hydrogens is 393 g/mol. The lowest BCUT2D eigenvalue weighted by molar-refractivity contribution is 0.0940. The molecule has 2 aromatic rings. The lowest BCUT2D eigenvalue weighted by Gasteiger charge is -2.14. The molecule has 0 saturated heterocycles. The summed E-state index contributed by atoms with van der Waals surface area (Å²) in [5.74, 6) is -0.0290. The molecule has 1 atom stereocenters. The normalized spacial score (nSPS) is 12.2. The lowest BCUT2D eigenvalue weighted by atomic mass is 10.1. The molecule has 1 amide bonds. The van der Waals surface area contributed by atoms with Crippen LogP contribution in [0, 0.1) is 2.88 Å². The topological polar surface area (TPSA) is 29.1 Å². The molecule has 100 valence electrons. The SMILES string of the molecule is CC(Cc1ccccc1Cl)NC(=O)c1csc(I)c1. The molecule has 0 aliphatic heterocycles. The van der Waals surface area contributed by atoms with Gasteiger partial charge in [-0.15, -0.1) is 11.3 Å². The summed E-state index contributed by atoms with van der Waals surface area (Å²) < 4.78 is 1.11. The van der Waals surface area contributed by atoms with Crippen LogP contribution in [0.4, 0.5) is 0 Å². The zero-order valence-electron chi connectivity index (χ0n) is 10.3. The van der Waals surface area contributed by atoms with E-state index in [0.29, 0.717) is 0 Å². The van der Waals surface area contributed by atoms with Crippen molar-refractivity contribution < 1.29 is 4.79 Å². The second-order valence-electron chi connectivity index (χ2n) is 4.31. The fourth-order valence-electron chi connectivity index (χ4n) is 1.78. The molecule has 2 nitrogen and oxygen atoms in total. The van der Waals surface area contributed by atoms with Gasteiger partial charge in [0.05, 0.1) is 8.45 Å². The van der Waals surface area contributed by atoms with Gasteiger partial charge in [0.1, 0.15) is 0 Å². The van der Waals surface area contributed by atoms with Crippen LogP contribution in [-0.2, 0) is 6.42 Å². The summed E-state index contributed by atoms with van der Waals surface area (Å²) in [6, 6.07) is 9.65. The van der Waals surface area contributed by atoms with Gasteiger partial charge in [-0.2, -0.15) is 0 Å². The average molecular weight is 406 g/mol. The van der Waals surface area contributed by atoms with Gasteiger partial charge in [-0.25, -0.2) is 0 Å². The smallest absolute Gasteiger partial charge is 0.252 e. The summed E-state index contributed by atoms with van der Waals surface area (Å²) in [5.41, 5.74) is 1.78. The van der Waals surface area contributed by atoms with Crippen LogP contribution in [-0.4, -0.2) is 11.9 Å². The maximum absolute atomic E-state index is 12.0. The Labute approximate surface area is 135 Å². The first-order valence-corrected chi connectivity index (χ1v) is 8.18. The van der Waals surface area contributed by atoms with Crippen LogP contribution in [0.5, 0.6) is 0 Å².